The molecule has 0 aromatic heterocycles. The van der Waals surface area contributed by atoms with E-state index in [1.807, 2.05) is 6.26 Å². The molecule has 0 bridgehead atoms. The van der Waals surface area contributed by atoms with Crippen molar-refractivity contribution in [3.05, 3.63) is 0 Å². The molecule has 0 aromatic carbocycles. The van der Waals surface area contributed by atoms with Gasteiger partial charge >= 0.3 is 0 Å². The molecule has 4 heteroatoms. The molecule has 0 atom stereocenters. The summed E-state index contributed by atoms with van der Waals surface area (Å²) in [5, 5.41) is 2.92. The van der Waals surface area contributed by atoms with Crippen molar-refractivity contribution < 1.29 is 4.79 Å². The molecule has 1 amide bonds. The van der Waals surface area contributed by atoms with Crippen molar-refractivity contribution in [2.24, 2.45) is 0 Å². The van der Waals surface area contributed by atoms with E-state index in [1.54, 1.807) is 11.8 Å². The normalized spacial score (nSPS) is 10.0. The molecule has 0 fully saturated rings. The molecule has 0 saturated heterocycles. The van der Waals surface area contributed by atoms with E-state index in [0.29, 0.717) is 6.42 Å². The highest BCUT2D eigenvalue weighted by atomic mass is 127. The van der Waals surface area contributed by atoms with Gasteiger partial charge in [-0.25, -0.2) is 0 Å². The molecule has 0 aliphatic carbocycles. The van der Waals surface area contributed by atoms with E-state index in [9.17, 15) is 4.79 Å². The predicted molar refractivity (Wildman–Crippen MR) is 68.7 cm³/mol. The SMILES string of the molecule is CSCCC(=O)NCCCCCI. The van der Waals surface area contributed by atoms with Crippen LogP contribution in [0.15, 0.2) is 0 Å². The monoisotopic (exact) mass is 315 g/mol. The maximum atomic E-state index is 11.1. The Balaban J connectivity index is 3.08. The van der Waals surface area contributed by atoms with Gasteiger partial charge < -0.3 is 5.32 Å². The molecule has 0 unspecified atom stereocenters. The summed E-state index contributed by atoms with van der Waals surface area (Å²) in [6.45, 7) is 0.851. The van der Waals surface area contributed by atoms with Gasteiger partial charge in [0.1, 0.15) is 0 Å². The fourth-order valence-corrected chi connectivity index (χ4v) is 1.84. The van der Waals surface area contributed by atoms with E-state index >= 15 is 0 Å². The smallest absolute Gasteiger partial charge is 0.220 e. The van der Waals surface area contributed by atoms with Gasteiger partial charge in [0, 0.05) is 18.7 Å². The van der Waals surface area contributed by atoms with Gasteiger partial charge in [-0.2, -0.15) is 11.8 Å². The number of nitrogens with one attached hydrogen (secondary N) is 1. The van der Waals surface area contributed by atoms with Crippen molar-refractivity contribution in [1.29, 1.82) is 0 Å². The fraction of sp³-hybridized carbons (Fsp3) is 0.889. The van der Waals surface area contributed by atoms with Gasteiger partial charge in [0.05, 0.1) is 0 Å². The summed E-state index contributed by atoms with van der Waals surface area (Å²) < 4.78 is 1.22. The number of carbonyl (C=O) groups excluding carboxylic acids is 1. The Morgan fingerprint density at radius 2 is 2.15 bits per heavy atom. The minimum atomic E-state index is 0.198. The molecule has 78 valence electrons. The lowest BCUT2D eigenvalue weighted by atomic mass is 10.2. The minimum absolute atomic E-state index is 0.198. The molecule has 0 rings (SSSR count). The summed E-state index contributed by atoms with van der Waals surface area (Å²) in [5.41, 5.74) is 0. The van der Waals surface area contributed by atoms with Crippen molar-refractivity contribution in [3.63, 3.8) is 0 Å². The van der Waals surface area contributed by atoms with E-state index in [4.69, 9.17) is 0 Å². The second-order valence-electron chi connectivity index (χ2n) is 2.84. The van der Waals surface area contributed by atoms with Crippen molar-refractivity contribution in [2.75, 3.05) is 23.0 Å². The van der Waals surface area contributed by atoms with E-state index in [-0.39, 0.29) is 5.91 Å². The number of halogens is 1. The summed E-state index contributed by atoms with van der Waals surface area (Å²) in [6, 6.07) is 0. The first-order chi connectivity index (χ1) is 6.31. The molecule has 0 aliphatic rings. The Hall–Kier alpha value is 0.550. The van der Waals surface area contributed by atoms with Crippen LogP contribution < -0.4 is 5.32 Å². The Morgan fingerprint density at radius 1 is 1.38 bits per heavy atom. The summed E-state index contributed by atoms with van der Waals surface area (Å²) in [6.07, 6.45) is 6.29. The number of amides is 1. The van der Waals surface area contributed by atoms with E-state index in [2.05, 4.69) is 27.9 Å². The van der Waals surface area contributed by atoms with Crippen LogP contribution in [0.5, 0.6) is 0 Å². The van der Waals surface area contributed by atoms with Crippen molar-refractivity contribution in [3.8, 4) is 0 Å². The van der Waals surface area contributed by atoms with Gasteiger partial charge in [-0.05, 0) is 23.5 Å². The van der Waals surface area contributed by atoms with E-state index in [1.165, 1.54) is 17.3 Å². The van der Waals surface area contributed by atoms with Crippen molar-refractivity contribution >= 4 is 40.3 Å². The van der Waals surface area contributed by atoms with Crippen LogP contribution in [0.1, 0.15) is 25.7 Å². The van der Waals surface area contributed by atoms with Crippen LogP contribution in [0.2, 0.25) is 0 Å². The number of alkyl halides is 1. The minimum Gasteiger partial charge on any atom is -0.356 e. The topological polar surface area (TPSA) is 29.1 Å². The van der Waals surface area contributed by atoms with Gasteiger partial charge in [-0.3, -0.25) is 4.79 Å². The summed E-state index contributed by atoms with van der Waals surface area (Å²) in [4.78, 5) is 11.1. The molecule has 0 aliphatic heterocycles. The number of hydrogen-bond donors (Lipinski definition) is 1. The molecular weight excluding hydrogens is 297 g/mol. The van der Waals surface area contributed by atoms with Gasteiger partial charge in [0.2, 0.25) is 5.91 Å². The number of rotatable bonds is 8. The molecule has 13 heavy (non-hydrogen) atoms. The second kappa shape index (κ2) is 10.6. The van der Waals surface area contributed by atoms with E-state index < -0.39 is 0 Å². The van der Waals surface area contributed by atoms with Crippen LogP contribution in [-0.2, 0) is 4.79 Å². The number of unbranched alkanes of at least 4 members (excludes halogenated alkanes) is 2. The van der Waals surface area contributed by atoms with Gasteiger partial charge in [-0.1, -0.05) is 29.0 Å². The molecule has 0 saturated carbocycles. The zero-order valence-electron chi connectivity index (χ0n) is 8.14. The van der Waals surface area contributed by atoms with Gasteiger partial charge in [-0.15, -0.1) is 0 Å². The molecule has 0 spiro atoms. The lowest BCUT2D eigenvalue weighted by Crippen LogP contribution is -2.24. The zero-order chi connectivity index (χ0) is 9.94. The maximum Gasteiger partial charge on any atom is 0.220 e. The Morgan fingerprint density at radius 3 is 2.77 bits per heavy atom. The van der Waals surface area contributed by atoms with Crippen LogP contribution in [0.3, 0.4) is 0 Å². The predicted octanol–water partition coefficient (Wildman–Crippen LogP) is 2.46. The standard InChI is InChI=1S/C9H18INOS/c1-13-8-5-9(12)11-7-4-2-3-6-10/h2-8H2,1H3,(H,11,12). The Bertz CT molecular complexity index is 133. The number of hydrogen-bond acceptors (Lipinski definition) is 2. The number of thioether (sulfide) groups is 1. The largest absolute Gasteiger partial charge is 0.356 e. The Kier molecular flexibility index (Phi) is 11.1. The molecule has 0 aromatic rings. The van der Waals surface area contributed by atoms with E-state index in [0.717, 1.165) is 18.7 Å². The average molecular weight is 315 g/mol. The molecule has 1 N–H and O–H groups in total. The lowest BCUT2D eigenvalue weighted by Gasteiger charge is -2.03. The highest BCUT2D eigenvalue weighted by Crippen LogP contribution is 1.98. The summed E-state index contributed by atoms with van der Waals surface area (Å²) in [5.74, 6) is 1.13. The number of carbonyl (C=O) groups is 1. The third-order valence-electron chi connectivity index (χ3n) is 1.67. The van der Waals surface area contributed by atoms with Crippen molar-refractivity contribution in [2.45, 2.75) is 25.7 Å². The van der Waals surface area contributed by atoms with Crippen LogP contribution in [0.25, 0.3) is 0 Å². The van der Waals surface area contributed by atoms with Crippen LogP contribution >= 0.6 is 34.4 Å². The third kappa shape index (κ3) is 10.5. The molecule has 0 heterocycles. The highest BCUT2D eigenvalue weighted by molar-refractivity contribution is 14.1. The molecule has 0 radical (unpaired) electrons. The fourth-order valence-electron chi connectivity index (χ4n) is 0.907. The van der Waals surface area contributed by atoms with Crippen LogP contribution in [0, 0.1) is 0 Å². The molecular formula is C9H18INOS. The lowest BCUT2D eigenvalue weighted by molar-refractivity contribution is -0.120. The van der Waals surface area contributed by atoms with Gasteiger partial charge in [0.15, 0.2) is 0 Å². The van der Waals surface area contributed by atoms with Crippen molar-refractivity contribution in [1.82, 2.24) is 5.32 Å². The zero-order valence-corrected chi connectivity index (χ0v) is 11.1. The first-order valence-corrected chi connectivity index (χ1v) is 7.54. The first kappa shape index (κ1) is 13.5. The van der Waals surface area contributed by atoms with Crippen LogP contribution in [-0.4, -0.2) is 28.9 Å². The summed E-state index contributed by atoms with van der Waals surface area (Å²) in [7, 11) is 0. The second-order valence-corrected chi connectivity index (χ2v) is 4.91. The summed E-state index contributed by atoms with van der Waals surface area (Å²) >= 11 is 4.10. The molecule has 2 nitrogen and oxygen atoms in total. The highest BCUT2D eigenvalue weighted by Gasteiger charge is 1.98. The average Bonchev–Trinajstić information content (AvgIpc) is 2.14. The Labute approximate surface area is 98.8 Å². The first-order valence-electron chi connectivity index (χ1n) is 4.63. The third-order valence-corrected chi connectivity index (χ3v) is 3.04. The van der Waals surface area contributed by atoms with Crippen LogP contribution in [0.4, 0.5) is 0 Å². The maximum absolute atomic E-state index is 11.1. The quantitative estimate of drug-likeness (QED) is 0.423. The van der Waals surface area contributed by atoms with Gasteiger partial charge in [0.25, 0.3) is 0 Å².